The topological polar surface area (TPSA) is 51.6 Å². The zero-order chi connectivity index (χ0) is 21.3. The van der Waals surface area contributed by atoms with E-state index in [1.54, 1.807) is 14.2 Å². The van der Waals surface area contributed by atoms with Crippen LogP contribution in [0.4, 0.5) is 0 Å². The average molecular weight is 404 g/mol. The van der Waals surface area contributed by atoms with Crippen LogP contribution in [0.1, 0.15) is 34.4 Å². The van der Waals surface area contributed by atoms with E-state index in [9.17, 15) is 5.11 Å². The SMILES string of the molecule is COc1ccc(-c2nc(CCO)c3c(c2-c2ccc(OC)c(C)c2)CCC3)cc1C. The van der Waals surface area contributed by atoms with Crippen LogP contribution in [0.5, 0.6) is 11.5 Å². The van der Waals surface area contributed by atoms with Gasteiger partial charge >= 0.3 is 0 Å². The van der Waals surface area contributed by atoms with Crippen molar-refractivity contribution in [3.8, 4) is 33.9 Å². The van der Waals surface area contributed by atoms with Crippen LogP contribution >= 0.6 is 0 Å². The van der Waals surface area contributed by atoms with E-state index in [2.05, 4.69) is 38.1 Å². The van der Waals surface area contributed by atoms with Gasteiger partial charge in [0, 0.05) is 29.8 Å². The van der Waals surface area contributed by atoms with Crippen LogP contribution in [0.15, 0.2) is 36.4 Å². The van der Waals surface area contributed by atoms with Crippen LogP contribution in [0.2, 0.25) is 0 Å². The molecule has 1 N–H and O–H groups in total. The molecule has 0 amide bonds. The number of aliphatic hydroxyl groups excluding tert-OH is 1. The molecule has 156 valence electrons. The van der Waals surface area contributed by atoms with Gasteiger partial charge in [-0.2, -0.15) is 0 Å². The van der Waals surface area contributed by atoms with E-state index in [1.165, 1.54) is 16.7 Å². The molecule has 30 heavy (non-hydrogen) atoms. The zero-order valence-corrected chi connectivity index (χ0v) is 18.2. The zero-order valence-electron chi connectivity index (χ0n) is 18.2. The van der Waals surface area contributed by atoms with Gasteiger partial charge < -0.3 is 14.6 Å². The Hall–Kier alpha value is -2.85. The molecule has 4 nitrogen and oxygen atoms in total. The fourth-order valence-electron chi connectivity index (χ4n) is 4.63. The summed E-state index contributed by atoms with van der Waals surface area (Å²) in [6.45, 7) is 4.25. The molecule has 4 heteroatoms. The quantitative estimate of drug-likeness (QED) is 0.624. The molecule has 1 heterocycles. The van der Waals surface area contributed by atoms with E-state index in [-0.39, 0.29) is 6.61 Å². The first-order valence-corrected chi connectivity index (χ1v) is 10.5. The molecule has 0 spiro atoms. The van der Waals surface area contributed by atoms with Crippen LogP contribution < -0.4 is 9.47 Å². The van der Waals surface area contributed by atoms with Crippen LogP contribution in [0, 0.1) is 13.8 Å². The summed E-state index contributed by atoms with van der Waals surface area (Å²) in [7, 11) is 3.40. The molecule has 1 aromatic heterocycles. The number of hydrogen-bond acceptors (Lipinski definition) is 4. The Morgan fingerprint density at radius 2 is 1.47 bits per heavy atom. The van der Waals surface area contributed by atoms with Gasteiger partial charge in [0.25, 0.3) is 0 Å². The highest BCUT2D eigenvalue weighted by molar-refractivity contribution is 5.85. The Bertz CT molecular complexity index is 1090. The molecule has 0 saturated heterocycles. The Morgan fingerprint density at radius 3 is 2.07 bits per heavy atom. The largest absolute Gasteiger partial charge is 0.496 e. The van der Waals surface area contributed by atoms with Crippen LogP contribution in [-0.4, -0.2) is 30.9 Å². The van der Waals surface area contributed by atoms with Gasteiger partial charge in [-0.15, -0.1) is 0 Å². The summed E-state index contributed by atoms with van der Waals surface area (Å²) in [5.41, 5.74) is 10.3. The number of rotatable bonds is 6. The van der Waals surface area contributed by atoms with Crippen LogP contribution in [0.25, 0.3) is 22.4 Å². The Morgan fingerprint density at radius 1 is 0.867 bits per heavy atom. The lowest BCUT2D eigenvalue weighted by atomic mass is 9.90. The van der Waals surface area contributed by atoms with Crippen molar-refractivity contribution in [1.29, 1.82) is 0 Å². The van der Waals surface area contributed by atoms with Gasteiger partial charge in [-0.1, -0.05) is 6.07 Å². The summed E-state index contributed by atoms with van der Waals surface area (Å²) in [6, 6.07) is 12.6. The minimum atomic E-state index is 0.113. The molecule has 0 fully saturated rings. The number of aromatic nitrogens is 1. The standard InChI is InChI=1S/C26H29NO3/c1-16-14-18(8-10-23(16)29-3)25-21-7-5-6-20(21)22(12-13-28)27-26(25)19-9-11-24(30-4)17(2)15-19/h8-11,14-15,28H,5-7,12-13H2,1-4H3. The highest BCUT2D eigenvalue weighted by Crippen LogP contribution is 2.42. The number of aryl methyl sites for hydroxylation is 2. The summed E-state index contributed by atoms with van der Waals surface area (Å²) in [5, 5.41) is 9.63. The van der Waals surface area contributed by atoms with Gasteiger partial charge in [0.2, 0.25) is 0 Å². The van der Waals surface area contributed by atoms with E-state index in [4.69, 9.17) is 14.5 Å². The van der Waals surface area contributed by atoms with Crippen molar-refractivity contribution >= 4 is 0 Å². The Kier molecular flexibility index (Phi) is 5.78. The monoisotopic (exact) mass is 403 g/mol. The smallest absolute Gasteiger partial charge is 0.121 e. The maximum absolute atomic E-state index is 9.63. The third kappa shape index (κ3) is 3.56. The van der Waals surface area contributed by atoms with Crippen molar-refractivity contribution in [1.82, 2.24) is 4.98 Å². The van der Waals surface area contributed by atoms with Gasteiger partial charge in [0.1, 0.15) is 11.5 Å². The van der Waals surface area contributed by atoms with Crippen molar-refractivity contribution in [2.45, 2.75) is 39.5 Å². The van der Waals surface area contributed by atoms with Gasteiger partial charge in [-0.25, -0.2) is 0 Å². The van der Waals surface area contributed by atoms with Crippen molar-refractivity contribution in [3.63, 3.8) is 0 Å². The number of pyridine rings is 1. The van der Waals surface area contributed by atoms with E-state index >= 15 is 0 Å². The van der Waals surface area contributed by atoms with Gasteiger partial charge in [0.05, 0.1) is 19.9 Å². The number of benzene rings is 2. The van der Waals surface area contributed by atoms with Crippen molar-refractivity contribution < 1.29 is 14.6 Å². The molecular weight excluding hydrogens is 374 g/mol. The molecule has 0 radical (unpaired) electrons. The number of ether oxygens (including phenoxy) is 2. The van der Waals surface area contributed by atoms with E-state index in [1.807, 2.05) is 12.1 Å². The molecule has 3 aromatic rings. The molecular formula is C26H29NO3. The lowest BCUT2D eigenvalue weighted by Crippen LogP contribution is -2.06. The third-order valence-corrected chi connectivity index (χ3v) is 6.05. The van der Waals surface area contributed by atoms with Gasteiger partial charge in [-0.05, 0) is 91.3 Å². The molecule has 0 unspecified atom stereocenters. The summed E-state index contributed by atoms with van der Waals surface area (Å²) in [6.07, 6.45) is 3.79. The van der Waals surface area contributed by atoms with Crippen molar-refractivity contribution in [2.24, 2.45) is 0 Å². The minimum Gasteiger partial charge on any atom is -0.496 e. The van der Waals surface area contributed by atoms with Crippen molar-refractivity contribution in [2.75, 3.05) is 20.8 Å². The summed E-state index contributed by atoms with van der Waals surface area (Å²) < 4.78 is 10.9. The van der Waals surface area contributed by atoms with E-state index < -0.39 is 0 Å². The Balaban J connectivity index is 1.99. The molecule has 0 saturated carbocycles. The van der Waals surface area contributed by atoms with Gasteiger partial charge in [-0.3, -0.25) is 4.98 Å². The molecule has 4 rings (SSSR count). The highest BCUT2D eigenvalue weighted by atomic mass is 16.5. The number of hydrogen-bond donors (Lipinski definition) is 1. The molecule has 1 aliphatic carbocycles. The van der Waals surface area contributed by atoms with Gasteiger partial charge in [0.15, 0.2) is 0 Å². The lowest BCUT2D eigenvalue weighted by molar-refractivity contribution is 0.298. The number of fused-ring (bicyclic) bond motifs is 1. The third-order valence-electron chi connectivity index (χ3n) is 6.05. The average Bonchev–Trinajstić information content (AvgIpc) is 3.23. The highest BCUT2D eigenvalue weighted by Gasteiger charge is 2.25. The predicted octanol–water partition coefficient (Wildman–Crippen LogP) is 5.07. The second kappa shape index (κ2) is 8.49. The minimum absolute atomic E-state index is 0.113. The fourth-order valence-corrected chi connectivity index (χ4v) is 4.63. The first-order chi connectivity index (χ1) is 14.6. The second-order valence-electron chi connectivity index (χ2n) is 7.94. The first-order valence-electron chi connectivity index (χ1n) is 10.5. The second-order valence-corrected chi connectivity index (χ2v) is 7.94. The maximum Gasteiger partial charge on any atom is 0.121 e. The summed E-state index contributed by atoms with van der Waals surface area (Å²) in [5.74, 6) is 1.76. The van der Waals surface area contributed by atoms with E-state index in [0.717, 1.165) is 64.4 Å². The van der Waals surface area contributed by atoms with Crippen LogP contribution in [-0.2, 0) is 19.3 Å². The molecule has 0 atom stereocenters. The molecule has 0 aliphatic heterocycles. The summed E-state index contributed by atoms with van der Waals surface area (Å²) in [4.78, 5) is 5.12. The number of aliphatic hydroxyl groups is 1. The molecule has 0 bridgehead atoms. The predicted molar refractivity (Wildman–Crippen MR) is 121 cm³/mol. The fraction of sp³-hybridized carbons (Fsp3) is 0.346. The van der Waals surface area contributed by atoms with E-state index in [0.29, 0.717) is 6.42 Å². The number of nitrogens with zero attached hydrogens (tertiary/aromatic N) is 1. The molecule has 1 aliphatic rings. The normalized spacial score (nSPS) is 12.7. The molecule has 2 aromatic carbocycles. The maximum atomic E-state index is 9.63. The lowest BCUT2D eigenvalue weighted by Gasteiger charge is -2.19. The van der Waals surface area contributed by atoms with Crippen molar-refractivity contribution in [3.05, 3.63) is 64.3 Å². The summed E-state index contributed by atoms with van der Waals surface area (Å²) >= 11 is 0. The van der Waals surface area contributed by atoms with Crippen LogP contribution in [0.3, 0.4) is 0 Å². The Labute approximate surface area is 178 Å². The number of methoxy groups -OCH3 is 2. The first kappa shape index (κ1) is 20.4.